The first-order valence-corrected chi connectivity index (χ1v) is 6.60. The number of rotatable bonds is 7. The molecule has 0 aliphatic heterocycles. The number of carbonyl (C=O) groups excluding carboxylic acids is 1. The molecule has 0 saturated heterocycles. The average molecular weight is 263 g/mol. The molecular formula is C15H21NO3. The smallest absolute Gasteiger partial charge is 0.303 e. The largest absolute Gasteiger partial charge is 0.481 e. The van der Waals surface area contributed by atoms with Gasteiger partial charge in [-0.2, -0.15) is 0 Å². The molecule has 1 amide bonds. The Bertz CT molecular complexity index is 426. The van der Waals surface area contributed by atoms with Crippen molar-refractivity contribution in [1.82, 2.24) is 5.32 Å². The number of aryl methyl sites for hydroxylation is 1. The molecule has 0 aromatic heterocycles. The maximum Gasteiger partial charge on any atom is 0.303 e. The highest BCUT2D eigenvalue weighted by Crippen LogP contribution is 2.06. The van der Waals surface area contributed by atoms with Crippen molar-refractivity contribution in [2.45, 2.75) is 45.6 Å². The van der Waals surface area contributed by atoms with Crippen LogP contribution >= 0.6 is 0 Å². The Morgan fingerprint density at radius 2 is 1.79 bits per heavy atom. The Hall–Kier alpha value is -1.84. The number of amides is 1. The summed E-state index contributed by atoms with van der Waals surface area (Å²) in [5, 5.41) is 11.4. The average Bonchev–Trinajstić information content (AvgIpc) is 2.37. The third-order valence-electron chi connectivity index (χ3n) is 2.99. The van der Waals surface area contributed by atoms with Crippen molar-refractivity contribution in [2.24, 2.45) is 0 Å². The number of benzene rings is 1. The van der Waals surface area contributed by atoms with Gasteiger partial charge in [0.15, 0.2) is 0 Å². The lowest BCUT2D eigenvalue weighted by molar-refractivity contribution is -0.137. The third-order valence-corrected chi connectivity index (χ3v) is 2.99. The zero-order valence-electron chi connectivity index (χ0n) is 11.5. The van der Waals surface area contributed by atoms with Crippen LogP contribution in [0.15, 0.2) is 24.3 Å². The maximum absolute atomic E-state index is 11.8. The second-order valence-corrected chi connectivity index (χ2v) is 4.75. The number of aliphatic carboxylic acids is 1. The highest BCUT2D eigenvalue weighted by molar-refractivity contribution is 5.78. The van der Waals surface area contributed by atoms with Gasteiger partial charge in [-0.05, 0) is 30.9 Å². The van der Waals surface area contributed by atoms with Gasteiger partial charge in [-0.3, -0.25) is 9.59 Å². The Kier molecular flexibility index (Phi) is 6.06. The summed E-state index contributed by atoms with van der Waals surface area (Å²) in [5.41, 5.74) is 2.22. The minimum atomic E-state index is -0.837. The van der Waals surface area contributed by atoms with E-state index in [1.807, 2.05) is 31.2 Å². The predicted octanol–water partition coefficient (Wildman–Crippen LogP) is 2.16. The maximum atomic E-state index is 11.8. The highest BCUT2D eigenvalue weighted by atomic mass is 16.4. The minimum Gasteiger partial charge on any atom is -0.481 e. The molecule has 104 valence electrons. The molecule has 0 aliphatic carbocycles. The molecule has 1 aromatic carbocycles. The highest BCUT2D eigenvalue weighted by Gasteiger charge is 2.09. The SMILES string of the molecule is CCc1ccc(CC(=O)NC(C)CCC(=O)O)cc1. The van der Waals surface area contributed by atoms with E-state index in [2.05, 4.69) is 12.2 Å². The van der Waals surface area contributed by atoms with Gasteiger partial charge >= 0.3 is 5.97 Å². The molecule has 0 aliphatic rings. The molecule has 1 aromatic rings. The number of carboxylic acid groups (broad SMARTS) is 1. The van der Waals surface area contributed by atoms with Gasteiger partial charge < -0.3 is 10.4 Å². The summed E-state index contributed by atoms with van der Waals surface area (Å²) in [4.78, 5) is 22.2. The molecule has 1 atom stereocenters. The van der Waals surface area contributed by atoms with Crippen molar-refractivity contribution >= 4 is 11.9 Å². The van der Waals surface area contributed by atoms with Crippen LogP contribution in [0.5, 0.6) is 0 Å². The predicted molar refractivity (Wildman–Crippen MR) is 74.0 cm³/mol. The van der Waals surface area contributed by atoms with Crippen LogP contribution in [0.4, 0.5) is 0 Å². The molecule has 0 fully saturated rings. The summed E-state index contributed by atoms with van der Waals surface area (Å²) in [6, 6.07) is 7.85. The van der Waals surface area contributed by atoms with Crippen LogP contribution < -0.4 is 5.32 Å². The summed E-state index contributed by atoms with van der Waals surface area (Å²) >= 11 is 0. The van der Waals surface area contributed by atoms with Crippen LogP contribution in [0.3, 0.4) is 0 Å². The van der Waals surface area contributed by atoms with Gasteiger partial charge in [-0.1, -0.05) is 31.2 Å². The van der Waals surface area contributed by atoms with E-state index in [4.69, 9.17) is 5.11 Å². The summed E-state index contributed by atoms with van der Waals surface area (Å²) in [7, 11) is 0. The molecule has 1 unspecified atom stereocenters. The molecule has 0 bridgehead atoms. The lowest BCUT2D eigenvalue weighted by atomic mass is 10.1. The standard InChI is InChI=1S/C15H21NO3/c1-3-12-5-7-13(8-6-12)10-14(17)16-11(2)4-9-15(18)19/h5-8,11H,3-4,9-10H2,1-2H3,(H,16,17)(H,18,19). The van der Waals surface area contributed by atoms with Gasteiger partial charge in [0.1, 0.15) is 0 Å². The summed E-state index contributed by atoms with van der Waals surface area (Å²) in [6.07, 6.45) is 1.85. The fraction of sp³-hybridized carbons (Fsp3) is 0.467. The van der Waals surface area contributed by atoms with Crippen LogP contribution in [0.2, 0.25) is 0 Å². The van der Waals surface area contributed by atoms with Gasteiger partial charge in [0.25, 0.3) is 0 Å². The topological polar surface area (TPSA) is 66.4 Å². The van der Waals surface area contributed by atoms with Crippen molar-refractivity contribution in [1.29, 1.82) is 0 Å². The van der Waals surface area contributed by atoms with E-state index < -0.39 is 5.97 Å². The van der Waals surface area contributed by atoms with E-state index in [9.17, 15) is 9.59 Å². The first kappa shape index (κ1) is 15.2. The van der Waals surface area contributed by atoms with Crippen LogP contribution in [0.1, 0.15) is 37.8 Å². The van der Waals surface area contributed by atoms with Crippen LogP contribution in [0, 0.1) is 0 Å². The number of carbonyl (C=O) groups is 2. The summed E-state index contributed by atoms with van der Waals surface area (Å²) < 4.78 is 0. The van der Waals surface area contributed by atoms with E-state index >= 15 is 0 Å². The van der Waals surface area contributed by atoms with Gasteiger partial charge in [0.2, 0.25) is 5.91 Å². The van der Waals surface area contributed by atoms with Gasteiger partial charge in [0, 0.05) is 12.5 Å². The third kappa shape index (κ3) is 6.04. The molecule has 0 heterocycles. The molecule has 4 nitrogen and oxygen atoms in total. The Balaban J connectivity index is 2.39. The van der Waals surface area contributed by atoms with E-state index in [-0.39, 0.29) is 18.4 Å². The van der Waals surface area contributed by atoms with Crippen LogP contribution in [-0.2, 0) is 22.4 Å². The van der Waals surface area contributed by atoms with Gasteiger partial charge in [0.05, 0.1) is 6.42 Å². The molecule has 0 radical (unpaired) electrons. The Labute approximate surface area is 113 Å². The number of carboxylic acids is 1. The normalized spacial score (nSPS) is 11.9. The molecule has 1 rings (SSSR count). The lowest BCUT2D eigenvalue weighted by Crippen LogP contribution is -2.34. The van der Waals surface area contributed by atoms with Crippen LogP contribution in [0.25, 0.3) is 0 Å². The van der Waals surface area contributed by atoms with E-state index in [1.165, 1.54) is 5.56 Å². The monoisotopic (exact) mass is 263 g/mol. The van der Waals surface area contributed by atoms with Crippen molar-refractivity contribution in [3.05, 3.63) is 35.4 Å². The summed E-state index contributed by atoms with van der Waals surface area (Å²) in [6.45, 7) is 3.91. The van der Waals surface area contributed by atoms with Gasteiger partial charge in [-0.25, -0.2) is 0 Å². The zero-order valence-corrected chi connectivity index (χ0v) is 11.5. The van der Waals surface area contributed by atoms with E-state index in [1.54, 1.807) is 0 Å². The zero-order chi connectivity index (χ0) is 14.3. The minimum absolute atomic E-state index is 0.0675. The van der Waals surface area contributed by atoms with E-state index in [0.717, 1.165) is 12.0 Å². The van der Waals surface area contributed by atoms with E-state index in [0.29, 0.717) is 12.8 Å². The van der Waals surface area contributed by atoms with Gasteiger partial charge in [-0.15, -0.1) is 0 Å². The lowest BCUT2D eigenvalue weighted by Gasteiger charge is -2.12. The summed E-state index contributed by atoms with van der Waals surface area (Å²) in [5.74, 6) is -0.904. The molecule has 0 saturated carbocycles. The molecular weight excluding hydrogens is 242 g/mol. The molecule has 4 heteroatoms. The van der Waals surface area contributed by atoms with Crippen molar-refractivity contribution in [3.8, 4) is 0 Å². The number of nitrogens with one attached hydrogen (secondary N) is 1. The van der Waals surface area contributed by atoms with Crippen molar-refractivity contribution < 1.29 is 14.7 Å². The number of hydrogen-bond donors (Lipinski definition) is 2. The molecule has 2 N–H and O–H groups in total. The first-order valence-electron chi connectivity index (χ1n) is 6.60. The Morgan fingerprint density at radius 1 is 1.21 bits per heavy atom. The van der Waals surface area contributed by atoms with Crippen molar-refractivity contribution in [3.63, 3.8) is 0 Å². The quantitative estimate of drug-likeness (QED) is 0.792. The Morgan fingerprint density at radius 3 is 2.32 bits per heavy atom. The molecule has 0 spiro atoms. The fourth-order valence-corrected chi connectivity index (χ4v) is 1.82. The first-order chi connectivity index (χ1) is 9.01. The second kappa shape index (κ2) is 7.56. The van der Waals surface area contributed by atoms with Crippen molar-refractivity contribution in [2.75, 3.05) is 0 Å². The molecule has 19 heavy (non-hydrogen) atoms. The van der Waals surface area contributed by atoms with Crippen LogP contribution in [-0.4, -0.2) is 23.0 Å². The number of hydrogen-bond acceptors (Lipinski definition) is 2. The second-order valence-electron chi connectivity index (χ2n) is 4.75. The fourth-order valence-electron chi connectivity index (χ4n) is 1.82.